The smallest absolute Gasteiger partial charge is 0.250 e. The zero-order chi connectivity index (χ0) is 15.9. The topological polar surface area (TPSA) is 110 Å². The van der Waals surface area contributed by atoms with Crippen LogP contribution >= 0.6 is 0 Å². The normalized spacial score (nSPS) is 10.0. The SMILES string of the molecule is COc1cc(C(N)=O)c(N)cc1OCCOc1ccncc1. The number of primary amides is 1. The maximum absolute atomic E-state index is 11.2. The van der Waals surface area contributed by atoms with Crippen LogP contribution in [-0.2, 0) is 0 Å². The Morgan fingerprint density at radius 2 is 1.82 bits per heavy atom. The van der Waals surface area contributed by atoms with E-state index in [1.807, 2.05) is 0 Å². The van der Waals surface area contributed by atoms with Crippen LogP contribution in [0.4, 0.5) is 5.69 Å². The Bertz CT molecular complexity index is 647. The van der Waals surface area contributed by atoms with Crippen LogP contribution in [0.15, 0.2) is 36.7 Å². The van der Waals surface area contributed by atoms with Crippen molar-refractivity contribution in [3.63, 3.8) is 0 Å². The number of methoxy groups -OCH3 is 1. The van der Waals surface area contributed by atoms with Crippen molar-refractivity contribution in [1.29, 1.82) is 0 Å². The first-order valence-electron chi connectivity index (χ1n) is 6.54. The van der Waals surface area contributed by atoms with E-state index in [9.17, 15) is 4.79 Å². The summed E-state index contributed by atoms with van der Waals surface area (Å²) in [6, 6.07) is 6.46. The number of carbonyl (C=O) groups excluding carboxylic acids is 1. The number of anilines is 1. The first-order valence-corrected chi connectivity index (χ1v) is 6.54. The Morgan fingerprint density at radius 1 is 1.14 bits per heavy atom. The number of nitrogen functional groups attached to an aromatic ring is 1. The fourth-order valence-corrected chi connectivity index (χ4v) is 1.81. The minimum Gasteiger partial charge on any atom is -0.493 e. The summed E-state index contributed by atoms with van der Waals surface area (Å²) in [7, 11) is 1.47. The van der Waals surface area contributed by atoms with Gasteiger partial charge in [0, 0.05) is 24.1 Å². The van der Waals surface area contributed by atoms with Crippen LogP contribution in [0.5, 0.6) is 17.2 Å². The number of aromatic nitrogens is 1. The molecule has 22 heavy (non-hydrogen) atoms. The van der Waals surface area contributed by atoms with E-state index in [4.69, 9.17) is 25.7 Å². The van der Waals surface area contributed by atoms with Gasteiger partial charge in [0.05, 0.1) is 12.7 Å². The van der Waals surface area contributed by atoms with Crippen molar-refractivity contribution in [1.82, 2.24) is 4.98 Å². The van der Waals surface area contributed by atoms with Gasteiger partial charge in [0.2, 0.25) is 0 Å². The molecule has 0 aliphatic carbocycles. The summed E-state index contributed by atoms with van der Waals surface area (Å²) in [4.78, 5) is 15.1. The lowest BCUT2D eigenvalue weighted by molar-refractivity contribution is 0.100. The molecule has 0 saturated carbocycles. The van der Waals surface area contributed by atoms with E-state index in [0.717, 1.165) is 0 Å². The highest BCUT2D eigenvalue weighted by Crippen LogP contribution is 2.32. The van der Waals surface area contributed by atoms with E-state index in [1.165, 1.54) is 19.2 Å². The second kappa shape index (κ2) is 7.16. The van der Waals surface area contributed by atoms with Crippen molar-refractivity contribution in [3.05, 3.63) is 42.2 Å². The van der Waals surface area contributed by atoms with Gasteiger partial charge in [-0.15, -0.1) is 0 Å². The van der Waals surface area contributed by atoms with E-state index in [1.54, 1.807) is 24.5 Å². The van der Waals surface area contributed by atoms with E-state index in [-0.39, 0.29) is 17.9 Å². The van der Waals surface area contributed by atoms with Crippen LogP contribution in [0.1, 0.15) is 10.4 Å². The third kappa shape index (κ3) is 3.78. The Kier molecular flexibility index (Phi) is 5.02. The van der Waals surface area contributed by atoms with Crippen molar-refractivity contribution in [2.24, 2.45) is 5.73 Å². The van der Waals surface area contributed by atoms with Gasteiger partial charge in [0.25, 0.3) is 5.91 Å². The Labute approximate surface area is 127 Å². The second-order valence-corrected chi connectivity index (χ2v) is 4.33. The first-order chi connectivity index (χ1) is 10.6. The van der Waals surface area contributed by atoms with Crippen LogP contribution in [-0.4, -0.2) is 31.2 Å². The molecule has 1 amide bonds. The van der Waals surface area contributed by atoms with Crippen LogP contribution in [0.3, 0.4) is 0 Å². The highest BCUT2D eigenvalue weighted by Gasteiger charge is 2.13. The highest BCUT2D eigenvalue weighted by atomic mass is 16.5. The van der Waals surface area contributed by atoms with Crippen molar-refractivity contribution in [2.45, 2.75) is 0 Å². The van der Waals surface area contributed by atoms with Crippen LogP contribution in [0.25, 0.3) is 0 Å². The van der Waals surface area contributed by atoms with E-state index in [2.05, 4.69) is 4.98 Å². The third-order valence-electron chi connectivity index (χ3n) is 2.86. The van der Waals surface area contributed by atoms with Gasteiger partial charge in [-0.1, -0.05) is 0 Å². The number of amides is 1. The van der Waals surface area contributed by atoms with E-state index < -0.39 is 5.91 Å². The minimum atomic E-state index is -0.622. The molecule has 7 heteroatoms. The summed E-state index contributed by atoms with van der Waals surface area (Å²) in [6.07, 6.45) is 3.28. The largest absolute Gasteiger partial charge is 0.493 e. The molecule has 0 aliphatic heterocycles. The van der Waals surface area contributed by atoms with Gasteiger partial charge in [-0.05, 0) is 18.2 Å². The Balaban J connectivity index is 1.97. The molecule has 7 nitrogen and oxygen atoms in total. The minimum absolute atomic E-state index is 0.192. The molecule has 116 valence electrons. The van der Waals surface area contributed by atoms with Gasteiger partial charge in [-0.25, -0.2) is 0 Å². The fraction of sp³-hybridized carbons (Fsp3) is 0.200. The lowest BCUT2D eigenvalue weighted by Crippen LogP contribution is -2.15. The molecule has 0 aliphatic rings. The lowest BCUT2D eigenvalue weighted by Gasteiger charge is -2.13. The maximum Gasteiger partial charge on any atom is 0.250 e. The summed E-state index contributed by atoms with van der Waals surface area (Å²) >= 11 is 0. The Hall–Kier alpha value is -2.96. The van der Waals surface area contributed by atoms with Crippen LogP contribution in [0, 0.1) is 0 Å². The zero-order valence-corrected chi connectivity index (χ0v) is 12.1. The number of nitrogens with two attached hydrogens (primary N) is 2. The molecule has 0 radical (unpaired) electrons. The molecule has 0 saturated heterocycles. The molecule has 1 aromatic carbocycles. The molecule has 2 rings (SSSR count). The summed E-state index contributed by atoms with van der Waals surface area (Å²) in [5.74, 6) is 0.882. The summed E-state index contributed by atoms with van der Waals surface area (Å²) in [5, 5.41) is 0. The van der Waals surface area contributed by atoms with Gasteiger partial charge in [-0.2, -0.15) is 0 Å². The second-order valence-electron chi connectivity index (χ2n) is 4.33. The number of carbonyl (C=O) groups is 1. The molecular weight excluding hydrogens is 286 g/mol. The number of benzene rings is 1. The lowest BCUT2D eigenvalue weighted by atomic mass is 10.1. The standard InChI is InChI=1S/C15H17N3O4/c1-20-13-8-11(15(17)19)12(16)9-14(13)22-7-6-21-10-2-4-18-5-3-10/h2-5,8-9H,6-7,16H2,1H3,(H2,17,19). The van der Waals surface area contributed by atoms with Gasteiger partial charge >= 0.3 is 0 Å². The van der Waals surface area contributed by atoms with Gasteiger partial charge < -0.3 is 25.7 Å². The molecule has 4 N–H and O–H groups in total. The molecule has 0 unspecified atom stereocenters. The van der Waals surface area contributed by atoms with Gasteiger partial charge in [0.15, 0.2) is 11.5 Å². The molecule has 0 atom stereocenters. The predicted octanol–water partition coefficient (Wildman–Crippen LogP) is 1.23. The molecule has 0 bridgehead atoms. The number of pyridine rings is 1. The number of ether oxygens (including phenoxy) is 3. The molecule has 1 aromatic heterocycles. The van der Waals surface area contributed by atoms with Crippen LogP contribution < -0.4 is 25.7 Å². The average Bonchev–Trinajstić information content (AvgIpc) is 2.52. The molecule has 0 fully saturated rings. The predicted molar refractivity (Wildman–Crippen MR) is 81.2 cm³/mol. The van der Waals surface area contributed by atoms with Crippen LogP contribution in [0.2, 0.25) is 0 Å². The summed E-state index contributed by atoms with van der Waals surface area (Å²) in [6.45, 7) is 0.624. The fourth-order valence-electron chi connectivity index (χ4n) is 1.81. The maximum atomic E-state index is 11.2. The van der Waals surface area contributed by atoms with Crippen molar-refractivity contribution >= 4 is 11.6 Å². The molecule has 0 spiro atoms. The van der Waals surface area contributed by atoms with E-state index >= 15 is 0 Å². The van der Waals surface area contributed by atoms with Crippen molar-refractivity contribution in [3.8, 4) is 17.2 Å². The number of rotatable bonds is 7. The Morgan fingerprint density at radius 3 is 2.45 bits per heavy atom. The zero-order valence-electron chi connectivity index (χ0n) is 12.1. The number of hydrogen-bond donors (Lipinski definition) is 2. The molecule has 2 aromatic rings. The highest BCUT2D eigenvalue weighted by molar-refractivity contribution is 5.98. The monoisotopic (exact) mass is 303 g/mol. The molecular formula is C15H17N3O4. The van der Waals surface area contributed by atoms with Crippen molar-refractivity contribution < 1.29 is 19.0 Å². The first kappa shape index (κ1) is 15.4. The average molecular weight is 303 g/mol. The number of nitrogens with zero attached hydrogens (tertiary/aromatic N) is 1. The van der Waals surface area contributed by atoms with Gasteiger partial charge in [0.1, 0.15) is 19.0 Å². The summed E-state index contributed by atoms with van der Waals surface area (Å²) < 4.78 is 16.2. The summed E-state index contributed by atoms with van der Waals surface area (Å²) in [5.41, 5.74) is 11.4. The van der Waals surface area contributed by atoms with E-state index in [0.29, 0.717) is 23.9 Å². The third-order valence-corrected chi connectivity index (χ3v) is 2.86. The quantitative estimate of drug-likeness (QED) is 0.588. The molecule has 1 heterocycles. The van der Waals surface area contributed by atoms with Gasteiger partial charge in [-0.3, -0.25) is 9.78 Å². The number of hydrogen-bond acceptors (Lipinski definition) is 6. The van der Waals surface area contributed by atoms with Crippen molar-refractivity contribution in [2.75, 3.05) is 26.1 Å².